The fraction of sp³-hybridized carbons (Fsp3) is 0.476. The van der Waals surface area contributed by atoms with Crippen molar-refractivity contribution in [3.05, 3.63) is 45.4 Å². The molecule has 1 heterocycles. The van der Waals surface area contributed by atoms with Crippen LogP contribution in [-0.2, 0) is 4.74 Å². The summed E-state index contributed by atoms with van der Waals surface area (Å²) in [5.74, 6) is 1.15. The first-order valence-corrected chi connectivity index (χ1v) is 10.5. The second kappa shape index (κ2) is 10.8. The van der Waals surface area contributed by atoms with Gasteiger partial charge in [-0.25, -0.2) is 9.78 Å². The van der Waals surface area contributed by atoms with Gasteiger partial charge < -0.3 is 20.1 Å². The third-order valence-corrected chi connectivity index (χ3v) is 5.46. The fourth-order valence-electron chi connectivity index (χ4n) is 2.58. The van der Waals surface area contributed by atoms with E-state index in [9.17, 15) is 4.79 Å². The Morgan fingerprint density at radius 2 is 1.93 bits per heavy atom. The molecule has 7 nitrogen and oxygen atoms in total. The van der Waals surface area contributed by atoms with Crippen molar-refractivity contribution in [1.82, 2.24) is 15.6 Å². The summed E-state index contributed by atoms with van der Waals surface area (Å²) >= 11 is 1.34. The number of guanidine groups is 1. The summed E-state index contributed by atoms with van der Waals surface area (Å²) < 4.78 is 11.0. The molecule has 0 radical (unpaired) electrons. The number of nitrogens with zero attached hydrogens (tertiary/aromatic N) is 2. The Morgan fingerprint density at radius 1 is 1.24 bits per heavy atom. The normalized spacial score (nSPS) is 13.5. The molecule has 0 bridgehead atoms. The van der Waals surface area contributed by atoms with E-state index >= 15 is 0 Å². The molecule has 29 heavy (non-hydrogen) atoms. The first-order valence-electron chi connectivity index (χ1n) is 9.69. The van der Waals surface area contributed by atoms with Crippen molar-refractivity contribution < 1.29 is 14.3 Å². The number of hydrogen-bond acceptors (Lipinski definition) is 6. The van der Waals surface area contributed by atoms with Crippen LogP contribution >= 0.6 is 11.3 Å². The van der Waals surface area contributed by atoms with E-state index < -0.39 is 0 Å². The molecule has 1 aromatic carbocycles. The van der Waals surface area contributed by atoms with E-state index in [1.807, 2.05) is 52.0 Å². The van der Waals surface area contributed by atoms with Crippen molar-refractivity contribution >= 4 is 23.3 Å². The van der Waals surface area contributed by atoms with Gasteiger partial charge in [0.05, 0.1) is 24.9 Å². The van der Waals surface area contributed by atoms with Crippen LogP contribution in [0.4, 0.5) is 0 Å². The molecule has 158 valence electrons. The number of aromatic nitrogens is 1. The molecule has 2 rings (SSSR count). The molecular weight excluding hydrogens is 388 g/mol. The van der Waals surface area contributed by atoms with Crippen LogP contribution < -0.4 is 15.4 Å². The van der Waals surface area contributed by atoms with Gasteiger partial charge in [-0.3, -0.25) is 4.99 Å². The molecule has 0 saturated heterocycles. The van der Waals surface area contributed by atoms with Crippen LogP contribution in [0.15, 0.2) is 29.3 Å². The SMILES string of the molecule is CCOC(=O)c1sc(C(C)NC(=NC)NCC(C)Oc2ccc(C)cc2)nc1C. The number of hydrogen-bond donors (Lipinski definition) is 2. The molecular formula is C21H30N4O3S. The van der Waals surface area contributed by atoms with Crippen molar-refractivity contribution in [1.29, 1.82) is 0 Å². The molecule has 1 aromatic heterocycles. The second-order valence-electron chi connectivity index (χ2n) is 6.75. The zero-order valence-corrected chi connectivity index (χ0v) is 18.7. The van der Waals surface area contributed by atoms with Crippen molar-refractivity contribution in [2.24, 2.45) is 4.99 Å². The van der Waals surface area contributed by atoms with E-state index in [-0.39, 0.29) is 18.1 Å². The molecule has 2 aromatic rings. The summed E-state index contributed by atoms with van der Waals surface area (Å²) in [6.07, 6.45) is -0.0379. The number of nitrogens with one attached hydrogen (secondary N) is 2. The highest BCUT2D eigenvalue weighted by molar-refractivity contribution is 7.13. The van der Waals surface area contributed by atoms with Crippen molar-refractivity contribution in [3.8, 4) is 5.75 Å². The molecule has 2 atom stereocenters. The highest BCUT2D eigenvalue weighted by Crippen LogP contribution is 2.24. The zero-order chi connectivity index (χ0) is 21.4. The van der Waals surface area contributed by atoms with Crippen LogP contribution in [0.1, 0.15) is 52.7 Å². The number of esters is 1. The highest BCUT2D eigenvalue weighted by atomic mass is 32.1. The van der Waals surface area contributed by atoms with Crippen LogP contribution in [0, 0.1) is 13.8 Å². The molecule has 0 aliphatic rings. The van der Waals surface area contributed by atoms with Gasteiger partial charge in [-0.05, 0) is 46.8 Å². The minimum absolute atomic E-state index is 0.0379. The third kappa shape index (κ3) is 6.74. The van der Waals surface area contributed by atoms with E-state index in [0.717, 1.165) is 10.8 Å². The lowest BCUT2D eigenvalue weighted by atomic mass is 10.2. The Bertz CT molecular complexity index is 833. The van der Waals surface area contributed by atoms with Gasteiger partial charge in [0.25, 0.3) is 0 Å². The van der Waals surface area contributed by atoms with Crippen molar-refractivity contribution in [2.75, 3.05) is 20.2 Å². The molecule has 2 unspecified atom stereocenters. The van der Waals surface area contributed by atoms with Gasteiger partial charge in [0, 0.05) is 7.05 Å². The lowest BCUT2D eigenvalue weighted by molar-refractivity contribution is 0.0531. The minimum Gasteiger partial charge on any atom is -0.489 e. The molecule has 8 heteroatoms. The van der Waals surface area contributed by atoms with E-state index in [1.165, 1.54) is 16.9 Å². The highest BCUT2D eigenvalue weighted by Gasteiger charge is 2.20. The average Bonchev–Trinajstić information content (AvgIpc) is 3.09. The quantitative estimate of drug-likeness (QED) is 0.387. The van der Waals surface area contributed by atoms with Gasteiger partial charge in [0.2, 0.25) is 0 Å². The third-order valence-electron chi connectivity index (χ3n) is 4.14. The standard InChI is InChI=1S/C21H30N4O3S/c1-7-27-20(26)18-15(4)24-19(29-18)16(5)25-21(22-6)23-12-14(3)28-17-10-8-13(2)9-11-17/h8-11,14,16H,7,12H2,1-6H3,(H2,22,23,25). The van der Waals surface area contributed by atoms with Gasteiger partial charge in [-0.1, -0.05) is 17.7 Å². The number of aryl methyl sites for hydroxylation is 2. The smallest absolute Gasteiger partial charge is 0.350 e. The molecule has 2 N–H and O–H groups in total. The lowest BCUT2D eigenvalue weighted by Crippen LogP contribution is -2.42. The van der Waals surface area contributed by atoms with Gasteiger partial charge in [0.15, 0.2) is 5.96 Å². The summed E-state index contributed by atoms with van der Waals surface area (Å²) in [5, 5.41) is 7.37. The molecule has 0 aliphatic carbocycles. The molecule has 0 amide bonds. The average molecular weight is 419 g/mol. The molecule has 0 spiro atoms. The zero-order valence-electron chi connectivity index (χ0n) is 17.9. The predicted octanol–water partition coefficient (Wildman–Crippen LogP) is 3.63. The van der Waals surface area contributed by atoms with Gasteiger partial charge in [0.1, 0.15) is 21.7 Å². The topological polar surface area (TPSA) is 84.8 Å². The van der Waals surface area contributed by atoms with E-state index in [2.05, 4.69) is 20.6 Å². The minimum atomic E-state index is -0.328. The summed E-state index contributed by atoms with van der Waals surface area (Å²) in [5.41, 5.74) is 1.88. The van der Waals surface area contributed by atoms with Crippen LogP contribution in [0.3, 0.4) is 0 Å². The molecule has 0 fully saturated rings. The summed E-state index contributed by atoms with van der Waals surface area (Å²) in [7, 11) is 1.71. The first-order chi connectivity index (χ1) is 13.8. The number of rotatable bonds is 8. The number of thiazole rings is 1. The monoisotopic (exact) mass is 418 g/mol. The Labute approximate surface area is 176 Å². The molecule has 0 saturated carbocycles. The maximum atomic E-state index is 12.0. The van der Waals surface area contributed by atoms with Gasteiger partial charge in [-0.15, -0.1) is 11.3 Å². The van der Waals surface area contributed by atoms with Crippen LogP contribution in [-0.4, -0.2) is 43.2 Å². The number of carbonyl (C=O) groups is 1. The lowest BCUT2D eigenvalue weighted by Gasteiger charge is -2.19. The number of carbonyl (C=O) groups excluding carboxylic acids is 1. The van der Waals surface area contributed by atoms with Crippen LogP contribution in [0.2, 0.25) is 0 Å². The van der Waals surface area contributed by atoms with Crippen molar-refractivity contribution in [3.63, 3.8) is 0 Å². The largest absolute Gasteiger partial charge is 0.489 e. The Morgan fingerprint density at radius 3 is 2.55 bits per heavy atom. The van der Waals surface area contributed by atoms with Gasteiger partial charge >= 0.3 is 5.97 Å². The van der Waals surface area contributed by atoms with E-state index in [1.54, 1.807) is 14.0 Å². The Kier molecular flexibility index (Phi) is 8.45. The summed E-state index contributed by atoms with van der Waals surface area (Å²) in [6.45, 7) is 10.6. The van der Waals surface area contributed by atoms with Gasteiger partial charge in [-0.2, -0.15) is 0 Å². The van der Waals surface area contributed by atoms with Crippen LogP contribution in [0.5, 0.6) is 5.75 Å². The Hall–Kier alpha value is -2.61. The number of aliphatic imine (C=N–C) groups is 1. The number of ether oxygens (including phenoxy) is 2. The van der Waals surface area contributed by atoms with Crippen LogP contribution in [0.25, 0.3) is 0 Å². The maximum Gasteiger partial charge on any atom is 0.350 e. The number of benzene rings is 1. The summed E-state index contributed by atoms with van der Waals surface area (Å²) in [4.78, 5) is 21.3. The van der Waals surface area contributed by atoms with E-state index in [0.29, 0.717) is 29.7 Å². The van der Waals surface area contributed by atoms with Crippen molar-refractivity contribution in [2.45, 2.75) is 46.8 Å². The Balaban J connectivity index is 1.89. The fourth-order valence-corrected chi connectivity index (χ4v) is 3.54. The second-order valence-corrected chi connectivity index (χ2v) is 7.78. The summed E-state index contributed by atoms with van der Waals surface area (Å²) in [6, 6.07) is 7.87. The van der Waals surface area contributed by atoms with E-state index in [4.69, 9.17) is 9.47 Å². The maximum absolute atomic E-state index is 12.0. The predicted molar refractivity (Wildman–Crippen MR) is 117 cm³/mol. The first kappa shape index (κ1) is 22.7. The molecule has 0 aliphatic heterocycles.